The molecule has 3 aromatic heterocycles. The lowest BCUT2D eigenvalue weighted by molar-refractivity contribution is 0.488. The molecule has 0 radical (unpaired) electrons. The third kappa shape index (κ3) is 3.06. The SMILES string of the molecule is O=c1ccnc2sc(Nc3cccc(Oc4ccnc5ccccc45)c3)nn12. The van der Waals surface area contributed by atoms with Crippen molar-refractivity contribution in [2.75, 3.05) is 5.32 Å². The zero-order valence-corrected chi connectivity index (χ0v) is 15.3. The van der Waals surface area contributed by atoms with Crippen LogP contribution >= 0.6 is 11.3 Å². The number of rotatable bonds is 4. The number of hydrogen-bond acceptors (Lipinski definition) is 7. The minimum absolute atomic E-state index is 0.212. The lowest BCUT2D eigenvalue weighted by atomic mass is 10.2. The van der Waals surface area contributed by atoms with Crippen molar-refractivity contribution in [3.63, 3.8) is 0 Å². The fourth-order valence-electron chi connectivity index (χ4n) is 2.84. The first kappa shape index (κ1) is 16.4. The van der Waals surface area contributed by atoms with Crippen LogP contribution in [0.3, 0.4) is 0 Å². The minimum atomic E-state index is -0.212. The van der Waals surface area contributed by atoms with Crippen LogP contribution in [0.2, 0.25) is 0 Å². The van der Waals surface area contributed by atoms with E-state index >= 15 is 0 Å². The third-order valence-corrected chi connectivity index (χ3v) is 4.93. The van der Waals surface area contributed by atoms with Gasteiger partial charge in [0, 0.05) is 35.6 Å². The molecule has 3 heterocycles. The standard InChI is InChI=1S/C20H13N5O2S/c26-18-9-11-22-20-25(18)24-19(28-20)23-13-4-3-5-14(12-13)27-17-8-10-21-16-7-2-1-6-15(16)17/h1-12H,(H,23,24). The van der Waals surface area contributed by atoms with Crippen molar-refractivity contribution in [3.8, 4) is 11.5 Å². The van der Waals surface area contributed by atoms with Gasteiger partial charge in [-0.25, -0.2) is 4.98 Å². The maximum absolute atomic E-state index is 11.8. The summed E-state index contributed by atoms with van der Waals surface area (Å²) in [6.07, 6.45) is 3.21. The molecular formula is C20H13N5O2S. The predicted octanol–water partition coefficient (Wildman–Crippen LogP) is 4.24. The molecule has 0 saturated carbocycles. The molecule has 0 atom stereocenters. The molecule has 136 valence electrons. The first-order chi connectivity index (χ1) is 13.8. The van der Waals surface area contributed by atoms with Crippen molar-refractivity contribution in [3.05, 3.63) is 83.4 Å². The van der Waals surface area contributed by atoms with Crippen LogP contribution in [0.1, 0.15) is 0 Å². The number of hydrogen-bond donors (Lipinski definition) is 1. The Morgan fingerprint density at radius 1 is 0.964 bits per heavy atom. The smallest absolute Gasteiger partial charge is 0.275 e. The van der Waals surface area contributed by atoms with Crippen molar-refractivity contribution in [1.29, 1.82) is 0 Å². The summed E-state index contributed by atoms with van der Waals surface area (Å²) >= 11 is 1.30. The van der Waals surface area contributed by atoms with Crippen molar-refractivity contribution in [2.24, 2.45) is 0 Å². The molecule has 0 spiro atoms. The fraction of sp³-hybridized carbons (Fsp3) is 0. The summed E-state index contributed by atoms with van der Waals surface area (Å²) in [5, 5.41) is 8.98. The Hall–Kier alpha value is -3.78. The number of nitrogens with zero attached hydrogens (tertiary/aromatic N) is 4. The summed E-state index contributed by atoms with van der Waals surface area (Å²) in [5.41, 5.74) is 1.46. The normalized spacial score (nSPS) is 11.0. The lowest BCUT2D eigenvalue weighted by Gasteiger charge is -2.10. The molecule has 8 heteroatoms. The molecule has 0 aliphatic rings. The first-order valence-electron chi connectivity index (χ1n) is 8.50. The van der Waals surface area contributed by atoms with Crippen molar-refractivity contribution < 1.29 is 4.74 Å². The molecule has 0 fully saturated rings. The molecule has 0 amide bonds. The number of ether oxygens (including phenoxy) is 1. The molecule has 1 N–H and O–H groups in total. The molecule has 7 nitrogen and oxygen atoms in total. The largest absolute Gasteiger partial charge is 0.457 e. The van der Waals surface area contributed by atoms with E-state index in [-0.39, 0.29) is 5.56 Å². The zero-order valence-electron chi connectivity index (χ0n) is 14.4. The van der Waals surface area contributed by atoms with E-state index in [0.717, 1.165) is 22.3 Å². The van der Waals surface area contributed by atoms with Crippen molar-refractivity contribution >= 4 is 38.0 Å². The molecule has 5 rings (SSSR count). The highest BCUT2D eigenvalue weighted by molar-refractivity contribution is 7.20. The summed E-state index contributed by atoms with van der Waals surface area (Å²) in [7, 11) is 0. The third-order valence-electron chi connectivity index (χ3n) is 4.09. The molecule has 0 bridgehead atoms. The number of aromatic nitrogens is 4. The van der Waals surface area contributed by atoms with E-state index in [1.54, 1.807) is 6.20 Å². The van der Waals surface area contributed by atoms with Gasteiger partial charge in [-0.2, -0.15) is 4.52 Å². The van der Waals surface area contributed by atoms with Gasteiger partial charge in [0.1, 0.15) is 11.5 Å². The van der Waals surface area contributed by atoms with Crippen LogP contribution in [0, 0.1) is 0 Å². The molecule has 28 heavy (non-hydrogen) atoms. The van der Waals surface area contributed by atoms with Crippen LogP contribution in [0.25, 0.3) is 15.9 Å². The molecule has 2 aromatic carbocycles. The number of anilines is 2. The highest BCUT2D eigenvalue weighted by Gasteiger charge is 2.08. The Morgan fingerprint density at radius 3 is 2.79 bits per heavy atom. The summed E-state index contributed by atoms with van der Waals surface area (Å²) in [6, 6.07) is 18.6. The monoisotopic (exact) mass is 387 g/mol. The molecule has 0 aliphatic heterocycles. The predicted molar refractivity (Wildman–Crippen MR) is 109 cm³/mol. The Kier molecular flexibility index (Phi) is 3.95. The number of benzene rings is 2. The maximum atomic E-state index is 11.8. The van der Waals surface area contributed by atoms with E-state index in [1.165, 1.54) is 28.1 Å². The van der Waals surface area contributed by atoms with Gasteiger partial charge in [0.05, 0.1) is 5.52 Å². The van der Waals surface area contributed by atoms with Crippen LogP contribution in [-0.2, 0) is 0 Å². The topological polar surface area (TPSA) is 81.4 Å². The maximum Gasteiger partial charge on any atom is 0.275 e. The van der Waals surface area contributed by atoms with Crippen molar-refractivity contribution in [1.82, 2.24) is 19.6 Å². The summed E-state index contributed by atoms with van der Waals surface area (Å²) < 4.78 is 7.36. The molecular weight excluding hydrogens is 374 g/mol. The quantitative estimate of drug-likeness (QED) is 0.497. The van der Waals surface area contributed by atoms with E-state index < -0.39 is 0 Å². The Morgan fingerprint density at radius 2 is 1.86 bits per heavy atom. The van der Waals surface area contributed by atoms with E-state index in [4.69, 9.17) is 4.74 Å². The summed E-state index contributed by atoms with van der Waals surface area (Å²) in [6.45, 7) is 0. The highest BCUT2D eigenvalue weighted by Crippen LogP contribution is 2.31. The van der Waals surface area contributed by atoms with Gasteiger partial charge in [-0.05, 0) is 30.3 Å². The van der Waals surface area contributed by atoms with Crippen LogP contribution in [-0.4, -0.2) is 19.6 Å². The van der Waals surface area contributed by atoms with E-state index in [0.29, 0.717) is 15.8 Å². The van der Waals surface area contributed by atoms with Gasteiger partial charge >= 0.3 is 0 Å². The number of fused-ring (bicyclic) bond motifs is 2. The van der Waals surface area contributed by atoms with Crippen LogP contribution in [0.4, 0.5) is 10.8 Å². The second-order valence-corrected chi connectivity index (χ2v) is 6.92. The average Bonchev–Trinajstić information content (AvgIpc) is 3.12. The van der Waals surface area contributed by atoms with E-state index in [1.807, 2.05) is 54.6 Å². The average molecular weight is 387 g/mol. The Bertz CT molecular complexity index is 1360. The van der Waals surface area contributed by atoms with Crippen molar-refractivity contribution in [2.45, 2.75) is 0 Å². The molecule has 0 aliphatic carbocycles. The first-order valence-corrected chi connectivity index (χ1v) is 9.31. The second-order valence-electron chi connectivity index (χ2n) is 5.97. The van der Waals surface area contributed by atoms with Crippen LogP contribution in [0.5, 0.6) is 11.5 Å². The fourth-order valence-corrected chi connectivity index (χ4v) is 3.64. The van der Waals surface area contributed by atoms with Gasteiger partial charge in [-0.3, -0.25) is 9.78 Å². The molecule has 5 aromatic rings. The Labute approximate surface area is 162 Å². The Balaban J connectivity index is 1.44. The minimum Gasteiger partial charge on any atom is -0.457 e. The van der Waals surface area contributed by atoms with Crippen LogP contribution in [0.15, 0.2) is 77.9 Å². The van der Waals surface area contributed by atoms with Gasteiger partial charge in [0.15, 0.2) is 0 Å². The lowest BCUT2D eigenvalue weighted by Crippen LogP contribution is -2.12. The highest BCUT2D eigenvalue weighted by atomic mass is 32.1. The molecule has 0 saturated heterocycles. The number of nitrogens with one attached hydrogen (secondary N) is 1. The number of pyridine rings is 1. The number of para-hydroxylation sites is 1. The van der Waals surface area contributed by atoms with E-state index in [9.17, 15) is 4.79 Å². The van der Waals surface area contributed by atoms with Gasteiger partial charge in [0.25, 0.3) is 5.56 Å². The van der Waals surface area contributed by atoms with Gasteiger partial charge < -0.3 is 10.1 Å². The van der Waals surface area contributed by atoms with E-state index in [2.05, 4.69) is 20.4 Å². The molecule has 0 unspecified atom stereocenters. The summed E-state index contributed by atoms with van der Waals surface area (Å²) in [4.78, 5) is 20.9. The van der Waals surface area contributed by atoms with Gasteiger partial charge in [0.2, 0.25) is 10.1 Å². The summed E-state index contributed by atoms with van der Waals surface area (Å²) in [5.74, 6) is 1.41. The zero-order chi connectivity index (χ0) is 18.9. The second kappa shape index (κ2) is 6.75. The van der Waals surface area contributed by atoms with Gasteiger partial charge in [-0.1, -0.05) is 29.5 Å². The van der Waals surface area contributed by atoms with Gasteiger partial charge in [-0.15, -0.1) is 5.10 Å². The van der Waals surface area contributed by atoms with Crippen LogP contribution < -0.4 is 15.6 Å².